The Morgan fingerprint density at radius 1 is 0.933 bits per heavy atom. The summed E-state index contributed by atoms with van der Waals surface area (Å²) in [5.41, 5.74) is 11.1. The van der Waals surface area contributed by atoms with E-state index in [9.17, 15) is 0 Å². The lowest BCUT2D eigenvalue weighted by Crippen LogP contribution is -2.46. The number of anilines is 1. The van der Waals surface area contributed by atoms with Crippen LogP contribution < -0.4 is 5.73 Å². The summed E-state index contributed by atoms with van der Waals surface area (Å²) in [5.74, 6) is -0.126. The van der Waals surface area contributed by atoms with Crippen molar-refractivity contribution in [2.45, 2.75) is 109 Å². The molecule has 3 heterocycles. The highest BCUT2D eigenvalue weighted by Crippen LogP contribution is 2.58. The summed E-state index contributed by atoms with van der Waals surface area (Å²) >= 11 is 0. The Hall–Kier alpha value is -1.36. The highest BCUT2D eigenvalue weighted by atomic mass is 16.8. The van der Waals surface area contributed by atoms with E-state index in [0.717, 1.165) is 31.4 Å². The summed E-state index contributed by atoms with van der Waals surface area (Å²) in [6.45, 7) is 13.1. The number of nitrogen functional groups attached to an aromatic ring is 1. The summed E-state index contributed by atoms with van der Waals surface area (Å²) < 4.78 is 19.2. The van der Waals surface area contributed by atoms with Crippen molar-refractivity contribution >= 4 is 11.3 Å². The number of fused-ring (bicyclic) bond motifs is 5. The third-order valence-corrected chi connectivity index (χ3v) is 7.94. The molecule has 1 aromatic carbocycles. The molecule has 1 aliphatic carbocycles. The minimum absolute atomic E-state index is 0.0148. The molecule has 4 aliphatic rings. The number of hydrogen-bond donors (Lipinski definition) is 1. The fraction of sp³-hybridized carbons (Fsp3) is 0.692. The third kappa shape index (κ3) is 3.23. The van der Waals surface area contributed by atoms with E-state index in [1.54, 1.807) is 0 Å². The lowest BCUT2D eigenvalue weighted by Gasteiger charge is -2.43. The zero-order valence-corrected chi connectivity index (χ0v) is 19.4. The second-order valence-corrected chi connectivity index (χ2v) is 11.8. The van der Waals surface area contributed by atoms with Crippen LogP contribution in [0.1, 0.15) is 90.7 Å². The quantitative estimate of drug-likeness (QED) is 0.624. The molecule has 4 nitrogen and oxygen atoms in total. The molecule has 0 radical (unpaired) electrons. The first-order chi connectivity index (χ1) is 13.9. The SMILES string of the molecule is CC1(C)CC=C(c2cc(C3CC4(C)OC(C)(C3)C3OC(C)(C)OC34)ccc2N)CC1. The zero-order valence-electron chi connectivity index (χ0n) is 19.4. The smallest absolute Gasteiger partial charge is 0.164 e. The maximum absolute atomic E-state index is 6.59. The molecule has 2 bridgehead atoms. The Morgan fingerprint density at radius 3 is 2.13 bits per heavy atom. The van der Waals surface area contributed by atoms with Crippen LogP contribution in [-0.4, -0.2) is 29.2 Å². The van der Waals surface area contributed by atoms with Gasteiger partial charge in [-0.25, -0.2) is 0 Å². The van der Waals surface area contributed by atoms with Crippen LogP contribution >= 0.6 is 0 Å². The summed E-state index contributed by atoms with van der Waals surface area (Å²) in [7, 11) is 0. The van der Waals surface area contributed by atoms with E-state index in [1.807, 2.05) is 13.8 Å². The average molecular weight is 412 g/mol. The molecule has 4 atom stereocenters. The van der Waals surface area contributed by atoms with Gasteiger partial charge in [0, 0.05) is 11.3 Å². The van der Waals surface area contributed by atoms with Crippen LogP contribution in [0, 0.1) is 5.41 Å². The highest BCUT2D eigenvalue weighted by molar-refractivity contribution is 5.76. The van der Waals surface area contributed by atoms with Crippen molar-refractivity contribution < 1.29 is 14.2 Å². The summed E-state index contributed by atoms with van der Waals surface area (Å²) in [6.07, 6.45) is 7.70. The van der Waals surface area contributed by atoms with E-state index in [0.29, 0.717) is 11.3 Å². The van der Waals surface area contributed by atoms with Gasteiger partial charge in [-0.3, -0.25) is 0 Å². The lowest BCUT2D eigenvalue weighted by atomic mass is 9.75. The Labute approximate surface area is 181 Å². The number of hydrogen-bond acceptors (Lipinski definition) is 4. The van der Waals surface area contributed by atoms with Gasteiger partial charge in [0.05, 0.1) is 11.2 Å². The van der Waals surface area contributed by atoms with Crippen LogP contribution in [0.5, 0.6) is 0 Å². The van der Waals surface area contributed by atoms with Gasteiger partial charge in [-0.2, -0.15) is 0 Å². The van der Waals surface area contributed by atoms with Gasteiger partial charge in [-0.1, -0.05) is 26.0 Å². The van der Waals surface area contributed by atoms with E-state index >= 15 is 0 Å². The van der Waals surface area contributed by atoms with Crippen molar-refractivity contribution in [3.8, 4) is 0 Å². The fourth-order valence-corrected chi connectivity index (χ4v) is 6.33. The Bertz CT molecular complexity index is 876. The number of rotatable bonds is 2. The Morgan fingerprint density at radius 2 is 1.57 bits per heavy atom. The normalized spacial score (nSPS) is 41.4. The van der Waals surface area contributed by atoms with Crippen molar-refractivity contribution in [1.82, 2.24) is 0 Å². The Kier molecular flexibility index (Phi) is 4.34. The predicted octanol–water partition coefficient (Wildman–Crippen LogP) is 5.81. The monoisotopic (exact) mass is 411 g/mol. The van der Waals surface area contributed by atoms with Crippen LogP contribution in [0.4, 0.5) is 5.69 Å². The van der Waals surface area contributed by atoms with Crippen molar-refractivity contribution in [3.63, 3.8) is 0 Å². The topological polar surface area (TPSA) is 53.7 Å². The largest absolute Gasteiger partial charge is 0.398 e. The fourth-order valence-electron chi connectivity index (χ4n) is 6.33. The number of ether oxygens (including phenoxy) is 3. The predicted molar refractivity (Wildman–Crippen MR) is 120 cm³/mol. The standard InChI is InChI=1S/C26H37NO3/c1-23(2)11-9-16(10-12-23)19-13-17(7-8-20(19)27)18-14-25(5)21-22(26(6,15-18)30-25)29-24(3,4)28-21/h7-9,13,18,21-22H,10-12,14-15,27H2,1-6H3. The van der Waals surface area contributed by atoms with Gasteiger partial charge in [-0.15, -0.1) is 0 Å². The summed E-state index contributed by atoms with van der Waals surface area (Å²) in [4.78, 5) is 0. The molecule has 30 heavy (non-hydrogen) atoms. The van der Waals surface area contributed by atoms with E-state index in [-0.39, 0.29) is 23.4 Å². The maximum atomic E-state index is 6.59. The maximum Gasteiger partial charge on any atom is 0.164 e. The van der Waals surface area contributed by atoms with Crippen molar-refractivity contribution in [3.05, 3.63) is 35.4 Å². The molecular formula is C26H37NO3. The molecule has 3 saturated heterocycles. The zero-order chi connectivity index (χ0) is 21.5. The third-order valence-electron chi connectivity index (χ3n) is 7.94. The van der Waals surface area contributed by atoms with Crippen LogP contribution in [0.3, 0.4) is 0 Å². The molecule has 3 aliphatic heterocycles. The molecule has 4 heteroatoms. The van der Waals surface area contributed by atoms with Gasteiger partial charge < -0.3 is 19.9 Å². The first kappa shape index (κ1) is 20.5. The van der Waals surface area contributed by atoms with Crippen molar-refractivity contribution in [1.29, 1.82) is 0 Å². The van der Waals surface area contributed by atoms with Gasteiger partial charge in [0.15, 0.2) is 5.79 Å². The van der Waals surface area contributed by atoms with Gasteiger partial charge in [0.2, 0.25) is 0 Å². The van der Waals surface area contributed by atoms with Gasteiger partial charge in [0.25, 0.3) is 0 Å². The molecule has 2 N–H and O–H groups in total. The number of allylic oxidation sites excluding steroid dienone is 2. The number of nitrogens with two attached hydrogens (primary N) is 1. The highest BCUT2D eigenvalue weighted by Gasteiger charge is 2.68. The summed E-state index contributed by atoms with van der Waals surface area (Å²) in [5, 5.41) is 0. The molecule has 0 spiro atoms. The molecule has 0 aromatic heterocycles. The summed E-state index contributed by atoms with van der Waals surface area (Å²) in [6, 6.07) is 6.67. The van der Waals surface area contributed by atoms with Crippen molar-refractivity contribution in [2.24, 2.45) is 5.41 Å². The Balaban J connectivity index is 1.45. The molecular weight excluding hydrogens is 374 g/mol. The molecule has 5 rings (SSSR count). The van der Waals surface area contributed by atoms with Gasteiger partial charge >= 0.3 is 0 Å². The first-order valence-corrected chi connectivity index (χ1v) is 11.5. The van der Waals surface area contributed by atoms with Gasteiger partial charge in [0.1, 0.15) is 12.2 Å². The van der Waals surface area contributed by atoms with E-state index < -0.39 is 5.79 Å². The lowest BCUT2D eigenvalue weighted by molar-refractivity contribution is -0.242. The van der Waals surface area contributed by atoms with E-state index in [2.05, 4.69) is 52.0 Å². The van der Waals surface area contributed by atoms with Crippen LogP contribution in [-0.2, 0) is 14.2 Å². The average Bonchev–Trinajstić information content (AvgIpc) is 3.05. The molecule has 164 valence electrons. The molecule has 4 unspecified atom stereocenters. The van der Waals surface area contributed by atoms with Crippen LogP contribution in [0.15, 0.2) is 24.3 Å². The number of benzene rings is 1. The first-order valence-electron chi connectivity index (χ1n) is 11.5. The van der Waals surface area contributed by atoms with Crippen LogP contribution in [0.2, 0.25) is 0 Å². The second-order valence-electron chi connectivity index (χ2n) is 11.8. The van der Waals surface area contributed by atoms with Crippen LogP contribution in [0.25, 0.3) is 5.57 Å². The second kappa shape index (κ2) is 6.34. The molecule has 3 fully saturated rings. The van der Waals surface area contributed by atoms with E-state index in [1.165, 1.54) is 23.1 Å². The molecule has 0 amide bonds. The molecule has 0 saturated carbocycles. The van der Waals surface area contributed by atoms with Gasteiger partial charge in [-0.05, 0) is 94.4 Å². The molecule has 1 aromatic rings. The minimum Gasteiger partial charge on any atom is -0.398 e. The van der Waals surface area contributed by atoms with E-state index in [4.69, 9.17) is 19.9 Å². The van der Waals surface area contributed by atoms with Crippen molar-refractivity contribution in [2.75, 3.05) is 5.73 Å². The minimum atomic E-state index is -0.538.